The average Bonchev–Trinajstić information content (AvgIpc) is 2.66. The van der Waals surface area contributed by atoms with E-state index in [-0.39, 0.29) is 35.3 Å². The summed E-state index contributed by atoms with van der Waals surface area (Å²) >= 11 is 1.14. The van der Waals surface area contributed by atoms with Crippen molar-refractivity contribution in [3.63, 3.8) is 0 Å². The van der Waals surface area contributed by atoms with Gasteiger partial charge in [0.05, 0.1) is 19.4 Å². The van der Waals surface area contributed by atoms with Gasteiger partial charge in [-0.2, -0.15) is 0 Å². The Balaban J connectivity index is 2.60. The number of ether oxygens (including phenoxy) is 2. The van der Waals surface area contributed by atoms with Crippen LogP contribution in [-0.2, 0) is 0 Å². The van der Waals surface area contributed by atoms with Crippen LogP contribution in [-0.4, -0.2) is 42.4 Å². The van der Waals surface area contributed by atoms with Crippen LogP contribution in [0.1, 0.15) is 5.56 Å². The largest absolute Gasteiger partial charge is 0.497 e. The van der Waals surface area contributed by atoms with Gasteiger partial charge in [0.1, 0.15) is 23.1 Å². The number of nitrogens with two attached hydrogens (primary N) is 1. The number of thioether (sulfide) groups is 1. The maximum Gasteiger partial charge on any atom is 0.174 e. The van der Waals surface area contributed by atoms with Crippen molar-refractivity contribution in [1.82, 2.24) is 0 Å². The smallest absolute Gasteiger partial charge is 0.174 e. The summed E-state index contributed by atoms with van der Waals surface area (Å²) in [7, 11) is 1.45. The number of hydrogen-bond donors (Lipinski definition) is 3. The lowest BCUT2D eigenvalue weighted by atomic mass is 10.1. The minimum absolute atomic E-state index is 0.0616. The molecule has 0 fully saturated rings. The fourth-order valence-corrected chi connectivity index (χ4v) is 2.48. The number of nitrogens with one attached hydrogen (secondary N) is 1. The minimum atomic E-state index is -0.674. The van der Waals surface area contributed by atoms with E-state index in [1.807, 2.05) is 0 Å². The van der Waals surface area contributed by atoms with Gasteiger partial charge in [0.25, 0.3) is 0 Å². The van der Waals surface area contributed by atoms with Crippen molar-refractivity contribution in [3.8, 4) is 11.5 Å². The van der Waals surface area contributed by atoms with Gasteiger partial charge >= 0.3 is 0 Å². The molecule has 0 atom stereocenters. The standard InChI is InChI=1S/C18H20FN3O3S/c1-24-13-9-14(16(19)15(10-13)25-8-7-23)17(18(21)26-2)22-12-5-3-11(20)4-6-12/h3-6,9-10,21,23H,7-8,20H2,1-2H3/b21-18?,22-17+. The number of aliphatic hydroxyl groups is 1. The average molecular weight is 377 g/mol. The summed E-state index contributed by atoms with van der Waals surface area (Å²) in [5.41, 5.74) is 7.01. The van der Waals surface area contributed by atoms with Gasteiger partial charge in [-0.25, -0.2) is 9.38 Å². The van der Waals surface area contributed by atoms with E-state index in [0.29, 0.717) is 17.1 Å². The Labute approximate surface area is 155 Å². The van der Waals surface area contributed by atoms with E-state index < -0.39 is 5.82 Å². The van der Waals surface area contributed by atoms with E-state index in [2.05, 4.69) is 4.99 Å². The SMILES string of the molecule is COc1cc(OCCO)c(F)c(/C(=N\c2ccc(N)cc2)C(=N)SC)c1. The third-order valence-electron chi connectivity index (χ3n) is 3.41. The molecule has 2 aromatic carbocycles. The van der Waals surface area contributed by atoms with Crippen LogP contribution in [0.25, 0.3) is 0 Å². The van der Waals surface area contributed by atoms with Crippen molar-refractivity contribution < 1.29 is 19.0 Å². The van der Waals surface area contributed by atoms with E-state index in [9.17, 15) is 4.39 Å². The highest BCUT2D eigenvalue weighted by atomic mass is 32.2. The second-order valence-electron chi connectivity index (χ2n) is 5.14. The lowest BCUT2D eigenvalue weighted by molar-refractivity contribution is 0.196. The molecule has 0 aliphatic heterocycles. The molecular weight excluding hydrogens is 357 g/mol. The number of hydrogen-bond acceptors (Lipinski definition) is 7. The van der Waals surface area contributed by atoms with Gasteiger partial charge < -0.3 is 20.3 Å². The van der Waals surface area contributed by atoms with Gasteiger partial charge in [-0.3, -0.25) is 5.41 Å². The van der Waals surface area contributed by atoms with Crippen molar-refractivity contribution in [2.75, 3.05) is 32.3 Å². The number of rotatable bonds is 7. The zero-order valence-corrected chi connectivity index (χ0v) is 15.3. The second kappa shape index (κ2) is 9.21. The molecule has 0 aliphatic carbocycles. The molecule has 0 heterocycles. The number of aliphatic imine (C=N–C) groups is 1. The quantitative estimate of drug-likeness (QED) is 0.391. The fourth-order valence-electron chi connectivity index (χ4n) is 2.13. The molecule has 26 heavy (non-hydrogen) atoms. The topological polar surface area (TPSA) is 101 Å². The Kier molecular flexibility index (Phi) is 6.99. The third kappa shape index (κ3) is 4.74. The van der Waals surface area contributed by atoms with Gasteiger partial charge in [0.2, 0.25) is 0 Å². The maximum atomic E-state index is 15.0. The number of anilines is 1. The number of aliphatic hydroxyl groups excluding tert-OH is 1. The highest BCUT2D eigenvalue weighted by Crippen LogP contribution is 2.30. The highest BCUT2D eigenvalue weighted by Gasteiger charge is 2.20. The molecule has 4 N–H and O–H groups in total. The van der Waals surface area contributed by atoms with Crippen LogP contribution in [0.2, 0.25) is 0 Å². The molecule has 2 aromatic rings. The monoisotopic (exact) mass is 377 g/mol. The van der Waals surface area contributed by atoms with Crippen LogP contribution in [0, 0.1) is 11.2 Å². The zero-order chi connectivity index (χ0) is 19.1. The van der Waals surface area contributed by atoms with Crippen LogP contribution in [0.15, 0.2) is 41.4 Å². The van der Waals surface area contributed by atoms with Gasteiger partial charge in [-0.05, 0) is 36.6 Å². The highest BCUT2D eigenvalue weighted by molar-refractivity contribution is 8.15. The molecule has 0 saturated carbocycles. The molecule has 138 valence electrons. The molecule has 8 heteroatoms. The molecule has 0 amide bonds. The first-order valence-corrected chi connectivity index (χ1v) is 8.91. The third-order valence-corrected chi connectivity index (χ3v) is 4.01. The first kappa shape index (κ1) is 19.7. The molecule has 6 nitrogen and oxygen atoms in total. The molecule has 0 radical (unpaired) electrons. The van der Waals surface area contributed by atoms with Crippen molar-refractivity contribution in [1.29, 1.82) is 5.41 Å². The summed E-state index contributed by atoms with van der Waals surface area (Å²) in [6, 6.07) is 9.57. The molecule has 2 rings (SSSR count). The van der Waals surface area contributed by atoms with Crippen molar-refractivity contribution in [2.24, 2.45) is 4.99 Å². The summed E-state index contributed by atoms with van der Waals surface area (Å²) in [4.78, 5) is 4.41. The predicted molar refractivity (Wildman–Crippen MR) is 104 cm³/mol. The summed E-state index contributed by atoms with van der Waals surface area (Å²) in [5, 5.41) is 17.2. The molecule has 0 spiro atoms. The first-order valence-electron chi connectivity index (χ1n) is 7.68. The molecule has 0 saturated heterocycles. The van der Waals surface area contributed by atoms with Crippen molar-refractivity contribution in [3.05, 3.63) is 47.8 Å². The summed E-state index contributed by atoms with van der Waals surface area (Å²) in [6.07, 6.45) is 1.71. The Morgan fingerprint density at radius 1 is 1.31 bits per heavy atom. The zero-order valence-electron chi connectivity index (χ0n) is 14.5. The normalized spacial score (nSPS) is 11.3. The van der Waals surface area contributed by atoms with Crippen LogP contribution >= 0.6 is 11.8 Å². The second-order valence-corrected chi connectivity index (χ2v) is 5.96. The Bertz CT molecular complexity index is 810. The predicted octanol–water partition coefficient (Wildman–Crippen LogP) is 3.25. The van der Waals surface area contributed by atoms with Gasteiger partial charge in [-0.1, -0.05) is 0 Å². The summed E-state index contributed by atoms with van der Waals surface area (Å²) < 4.78 is 25.4. The van der Waals surface area contributed by atoms with E-state index >= 15 is 0 Å². The van der Waals surface area contributed by atoms with Gasteiger partial charge in [0, 0.05) is 17.3 Å². The molecule has 0 bridgehead atoms. The van der Waals surface area contributed by atoms with E-state index in [4.69, 9.17) is 25.7 Å². The van der Waals surface area contributed by atoms with Crippen LogP contribution in [0.5, 0.6) is 11.5 Å². The van der Waals surface area contributed by atoms with Crippen molar-refractivity contribution >= 4 is 33.9 Å². The van der Waals surface area contributed by atoms with Crippen LogP contribution < -0.4 is 15.2 Å². The molecule has 0 unspecified atom stereocenters. The van der Waals surface area contributed by atoms with Crippen LogP contribution in [0.4, 0.5) is 15.8 Å². The lowest BCUT2D eigenvalue weighted by Gasteiger charge is -2.14. The number of nitrogen functional groups attached to an aromatic ring is 1. The summed E-state index contributed by atoms with van der Waals surface area (Å²) in [5.74, 6) is -0.396. The molecule has 0 aromatic heterocycles. The summed E-state index contributed by atoms with van der Waals surface area (Å²) in [6.45, 7) is -0.313. The number of methoxy groups -OCH3 is 1. The Morgan fingerprint density at radius 3 is 2.58 bits per heavy atom. The minimum Gasteiger partial charge on any atom is -0.497 e. The fraction of sp³-hybridized carbons (Fsp3) is 0.222. The number of halogens is 1. The molecular formula is C18H20FN3O3S. The lowest BCUT2D eigenvalue weighted by Crippen LogP contribution is -2.14. The van der Waals surface area contributed by atoms with E-state index in [0.717, 1.165) is 11.8 Å². The first-order chi connectivity index (χ1) is 12.5. The van der Waals surface area contributed by atoms with Gasteiger partial charge in [0.15, 0.2) is 11.6 Å². The maximum absolute atomic E-state index is 15.0. The Hall–Kier alpha value is -2.58. The van der Waals surface area contributed by atoms with Gasteiger partial charge in [-0.15, -0.1) is 11.8 Å². The van der Waals surface area contributed by atoms with Crippen LogP contribution in [0.3, 0.4) is 0 Å². The number of benzene rings is 2. The van der Waals surface area contributed by atoms with Crippen molar-refractivity contribution in [2.45, 2.75) is 0 Å². The Morgan fingerprint density at radius 2 is 2.00 bits per heavy atom. The molecule has 0 aliphatic rings. The van der Waals surface area contributed by atoms with E-state index in [1.54, 1.807) is 30.5 Å². The van der Waals surface area contributed by atoms with E-state index in [1.165, 1.54) is 19.2 Å². The number of nitrogens with zero attached hydrogens (tertiary/aromatic N) is 1.